The summed E-state index contributed by atoms with van der Waals surface area (Å²) in [6.07, 6.45) is 1.72. The van der Waals surface area contributed by atoms with Gasteiger partial charge in [-0.3, -0.25) is 0 Å². The van der Waals surface area contributed by atoms with Crippen molar-refractivity contribution in [3.8, 4) is 5.75 Å². The van der Waals surface area contributed by atoms with E-state index in [0.29, 0.717) is 12.5 Å². The fourth-order valence-corrected chi connectivity index (χ4v) is 3.24. The number of aryl methyl sites for hydroxylation is 1. The van der Waals surface area contributed by atoms with Crippen molar-refractivity contribution < 1.29 is 14.3 Å². The van der Waals surface area contributed by atoms with E-state index in [0.717, 1.165) is 26.0 Å². The van der Waals surface area contributed by atoms with Crippen LogP contribution in [0.15, 0.2) is 83.5 Å². The highest BCUT2D eigenvalue weighted by Crippen LogP contribution is 2.22. The van der Waals surface area contributed by atoms with E-state index in [2.05, 4.69) is 46.6 Å². The lowest BCUT2D eigenvalue weighted by Gasteiger charge is -2.08. The summed E-state index contributed by atoms with van der Waals surface area (Å²) in [4.78, 5) is 16.5. The Morgan fingerprint density at radius 3 is 2.45 bits per heavy atom. The predicted molar refractivity (Wildman–Crippen MR) is 122 cm³/mol. The Labute approximate surface area is 183 Å². The molecule has 5 heteroatoms. The zero-order valence-electron chi connectivity index (χ0n) is 15.8. The van der Waals surface area contributed by atoms with Crippen LogP contribution in [0.3, 0.4) is 0 Å². The number of benzene rings is 3. The van der Waals surface area contributed by atoms with E-state index >= 15 is 0 Å². The molecule has 0 aromatic heterocycles. The predicted octanol–water partition coefficient (Wildman–Crippen LogP) is 5.52. The minimum Gasteiger partial charge on any atom is -0.489 e. The number of rotatable bonds is 5. The highest BCUT2D eigenvalue weighted by atomic mass is 127. The van der Waals surface area contributed by atoms with Gasteiger partial charge in [-0.25, -0.2) is 9.79 Å². The molecule has 0 bridgehead atoms. The number of cyclic esters (lactones) is 1. The van der Waals surface area contributed by atoms with Gasteiger partial charge in [0.25, 0.3) is 0 Å². The molecule has 3 aromatic carbocycles. The molecule has 1 aliphatic heterocycles. The summed E-state index contributed by atoms with van der Waals surface area (Å²) in [6, 6.07) is 23.4. The topological polar surface area (TPSA) is 47.9 Å². The van der Waals surface area contributed by atoms with E-state index < -0.39 is 5.97 Å². The zero-order chi connectivity index (χ0) is 20.2. The molecule has 0 fully saturated rings. The Balaban J connectivity index is 1.46. The van der Waals surface area contributed by atoms with E-state index in [1.165, 1.54) is 5.56 Å². The summed E-state index contributed by atoms with van der Waals surface area (Å²) in [5, 5.41) is 0. The molecule has 0 unspecified atom stereocenters. The largest absolute Gasteiger partial charge is 0.489 e. The third-order valence-corrected chi connectivity index (χ3v) is 5.27. The molecule has 4 rings (SSSR count). The summed E-state index contributed by atoms with van der Waals surface area (Å²) in [5.74, 6) is 0.654. The number of hydrogen-bond donors (Lipinski definition) is 0. The molecule has 144 valence electrons. The van der Waals surface area contributed by atoms with Crippen LogP contribution in [-0.4, -0.2) is 11.9 Å². The molecule has 1 aliphatic rings. The van der Waals surface area contributed by atoms with E-state index in [1.807, 2.05) is 60.7 Å². The number of aliphatic imine (C=N–C) groups is 1. The van der Waals surface area contributed by atoms with Crippen LogP contribution < -0.4 is 4.74 Å². The van der Waals surface area contributed by atoms with Gasteiger partial charge in [-0.1, -0.05) is 36.4 Å². The SMILES string of the molecule is Cc1ccccc1COc1ccc(/C=C2\N=C(c3ccc(I)cc3)OC2=O)cc1. The summed E-state index contributed by atoms with van der Waals surface area (Å²) >= 11 is 2.23. The normalized spacial score (nSPS) is 14.6. The Bertz CT molecular complexity index is 1100. The highest BCUT2D eigenvalue weighted by molar-refractivity contribution is 14.1. The third-order valence-electron chi connectivity index (χ3n) is 4.55. The maximum atomic E-state index is 12.2. The van der Waals surface area contributed by atoms with Gasteiger partial charge in [0.2, 0.25) is 5.90 Å². The van der Waals surface area contributed by atoms with Crippen LogP contribution in [0.2, 0.25) is 0 Å². The summed E-state index contributed by atoms with van der Waals surface area (Å²) in [7, 11) is 0. The molecule has 0 saturated heterocycles. The van der Waals surface area contributed by atoms with Crippen LogP contribution in [0, 0.1) is 10.5 Å². The van der Waals surface area contributed by atoms with E-state index in [4.69, 9.17) is 9.47 Å². The van der Waals surface area contributed by atoms with Crippen molar-refractivity contribution in [2.24, 2.45) is 4.99 Å². The fraction of sp³-hybridized carbons (Fsp3) is 0.0833. The second kappa shape index (κ2) is 8.61. The molecule has 1 heterocycles. The number of nitrogens with zero attached hydrogens (tertiary/aromatic N) is 1. The first-order chi connectivity index (χ1) is 14.1. The van der Waals surface area contributed by atoms with Gasteiger partial charge in [-0.15, -0.1) is 0 Å². The average Bonchev–Trinajstić information content (AvgIpc) is 3.09. The van der Waals surface area contributed by atoms with Crippen molar-refractivity contribution >= 4 is 40.5 Å². The van der Waals surface area contributed by atoms with Crippen molar-refractivity contribution in [1.29, 1.82) is 0 Å². The number of hydrogen-bond acceptors (Lipinski definition) is 4. The summed E-state index contributed by atoms with van der Waals surface area (Å²) in [6.45, 7) is 2.59. The second-order valence-corrected chi connectivity index (χ2v) is 7.87. The molecular formula is C24H18INO3. The molecule has 29 heavy (non-hydrogen) atoms. The van der Waals surface area contributed by atoms with E-state index in [1.54, 1.807) is 6.08 Å². The minimum absolute atomic E-state index is 0.284. The standard InChI is InChI=1S/C24H18INO3/c1-16-4-2-3-5-19(16)15-28-21-12-6-17(7-13-21)14-22-24(27)29-23(26-22)18-8-10-20(25)11-9-18/h2-14H,15H2,1H3/b22-14-. The Morgan fingerprint density at radius 1 is 1.00 bits per heavy atom. The molecule has 3 aromatic rings. The van der Waals surface area contributed by atoms with Gasteiger partial charge in [0.05, 0.1) is 0 Å². The molecule has 0 radical (unpaired) electrons. The van der Waals surface area contributed by atoms with Gasteiger partial charge in [-0.2, -0.15) is 0 Å². The monoisotopic (exact) mass is 495 g/mol. The van der Waals surface area contributed by atoms with Crippen LogP contribution in [0.4, 0.5) is 0 Å². The maximum Gasteiger partial charge on any atom is 0.363 e. The van der Waals surface area contributed by atoms with E-state index in [-0.39, 0.29) is 5.70 Å². The molecule has 0 saturated carbocycles. The van der Waals surface area contributed by atoms with Crippen molar-refractivity contribution in [2.75, 3.05) is 0 Å². The lowest BCUT2D eigenvalue weighted by Crippen LogP contribution is -2.05. The highest BCUT2D eigenvalue weighted by Gasteiger charge is 2.24. The van der Waals surface area contributed by atoms with Gasteiger partial charge in [0.15, 0.2) is 5.70 Å². The quantitative estimate of drug-likeness (QED) is 0.266. The Kier molecular flexibility index (Phi) is 5.76. The van der Waals surface area contributed by atoms with Crippen molar-refractivity contribution in [3.05, 3.63) is 104 Å². The van der Waals surface area contributed by atoms with Crippen LogP contribution >= 0.6 is 22.6 Å². The molecule has 0 atom stereocenters. The Morgan fingerprint density at radius 2 is 1.72 bits per heavy atom. The van der Waals surface area contributed by atoms with Crippen LogP contribution in [0.1, 0.15) is 22.3 Å². The second-order valence-electron chi connectivity index (χ2n) is 6.63. The van der Waals surface area contributed by atoms with Crippen LogP contribution in [-0.2, 0) is 16.1 Å². The summed E-state index contributed by atoms with van der Waals surface area (Å²) < 4.78 is 12.3. The van der Waals surface area contributed by atoms with E-state index in [9.17, 15) is 4.79 Å². The van der Waals surface area contributed by atoms with Crippen molar-refractivity contribution in [2.45, 2.75) is 13.5 Å². The molecule has 0 spiro atoms. The zero-order valence-corrected chi connectivity index (χ0v) is 17.9. The maximum absolute atomic E-state index is 12.2. The molecule has 4 nitrogen and oxygen atoms in total. The van der Waals surface area contributed by atoms with Gasteiger partial charge in [0.1, 0.15) is 12.4 Å². The Hall–Kier alpha value is -2.93. The third kappa shape index (κ3) is 4.74. The number of esters is 1. The lowest BCUT2D eigenvalue weighted by molar-refractivity contribution is -0.129. The average molecular weight is 495 g/mol. The van der Waals surface area contributed by atoms with Crippen LogP contribution in [0.25, 0.3) is 6.08 Å². The fourth-order valence-electron chi connectivity index (χ4n) is 2.88. The minimum atomic E-state index is -0.446. The first-order valence-corrected chi connectivity index (χ1v) is 10.2. The molecule has 0 aliphatic carbocycles. The van der Waals surface area contributed by atoms with Crippen LogP contribution in [0.5, 0.6) is 5.75 Å². The molecule has 0 amide bonds. The lowest BCUT2D eigenvalue weighted by atomic mass is 10.1. The van der Waals surface area contributed by atoms with Gasteiger partial charge in [0, 0.05) is 9.13 Å². The number of halogens is 1. The number of carbonyl (C=O) groups excluding carboxylic acids is 1. The first-order valence-electron chi connectivity index (χ1n) is 9.14. The number of carbonyl (C=O) groups is 1. The van der Waals surface area contributed by atoms with Crippen molar-refractivity contribution in [3.63, 3.8) is 0 Å². The summed E-state index contributed by atoms with van der Waals surface area (Å²) in [5.41, 5.74) is 4.28. The van der Waals surface area contributed by atoms with Gasteiger partial charge >= 0.3 is 5.97 Å². The van der Waals surface area contributed by atoms with Crippen molar-refractivity contribution in [1.82, 2.24) is 0 Å². The smallest absolute Gasteiger partial charge is 0.363 e. The van der Waals surface area contributed by atoms with Gasteiger partial charge in [-0.05, 0) is 88.7 Å². The van der Waals surface area contributed by atoms with Gasteiger partial charge < -0.3 is 9.47 Å². The number of ether oxygens (including phenoxy) is 2. The molecular weight excluding hydrogens is 477 g/mol. The molecule has 0 N–H and O–H groups in total. The first kappa shape index (κ1) is 19.4.